The van der Waals surface area contributed by atoms with E-state index in [9.17, 15) is 19.5 Å². The van der Waals surface area contributed by atoms with E-state index in [4.69, 9.17) is 9.47 Å². The summed E-state index contributed by atoms with van der Waals surface area (Å²) in [6, 6.07) is 52.2. The summed E-state index contributed by atoms with van der Waals surface area (Å²) >= 11 is 0. The topological polar surface area (TPSA) is 103 Å². The van der Waals surface area contributed by atoms with Gasteiger partial charge in [0, 0.05) is 81.7 Å². The number of carbonyl (C=O) groups is 3. The van der Waals surface area contributed by atoms with Gasteiger partial charge in [0.05, 0.1) is 5.60 Å². The largest absolute Gasteiger partial charge is 0.444 e. The monoisotopic (exact) mass is 1010 g/mol. The Kier molecular flexibility index (Phi) is 19.9. The molecule has 2 fully saturated rings. The third-order valence-electron chi connectivity index (χ3n) is 14.4. The molecule has 0 aliphatic carbocycles. The maximum Gasteiger partial charge on any atom is 0.410 e. The number of benzene rings is 5. The smallest absolute Gasteiger partial charge is 0.410 e. The van der Waals surface area contributed by atoms with Crippen molar-refractivity contribution in [3.63, 3.8) is 0 Å². The van der Waals surface area contributed by atoms with E-state index >= 15 is 0 Å². The van der Waals surface area contributed by atoms with Crippen LogP contribution < -0.4 is 0 Å². The lowest BCUT2D eigenvalue weighted by atomic mass is 9.77. The number of amides is 2. The molecule has 1 N–H and O–H groups in total. The minimum absolute atomic E-state index is 0.0518. The lowest BCUT2D eigenvalue weighted by Crippen LogP contribution is -2.46. The molecule has 0 saturated carbocycles. The van der Waals surface area contributed by atoms with E-state index in [0.29, 0.717) is 45.3 Å². The molecule has 10 heteroatoms. The average Bonchev–Trinajstić information content (AvgIpc) is 3.87. The van der Waals surface area contributed by atoms with Gasteiger partial charge in [0.25, 0.3) is 0 Å². The first-order chi connectivity index (χ1) is 35.0. The van der Waals surface area contributed by atoms with Crippen LogP contribution in [0.1, 0.15) is 129 Å². The van der Waals surface area contributed by atoms with E-state index in [1.165, 1.54) is 27.8 Å². The second-order valence-electron chi connectivity index (χ2n) is 24.0. The van der Waals surface area contributed by atoms with Crippen LogP contribution in [0.15, 0.2) is 152 Å². The molecule has 0 bridgehead atoms. The van der Waals surface area contributed by atoms with E-state index in [2.05, 4.69) is 121 Å². The molecule has 5 aromatic rings. The number of Topliss-reactive ketones (excluding diaryl/α,β-unsaturated/α-hetero) is 1. The van der Waals surface area contributed by atoms with Crippen molar-refractivity contribution in [1.29, 1.82) is 0 Å². The fraction of sp³-hybridized carbons (Fsp3) is 0.484. The summed E-state index contributed by atoms with van der Waals surface area (Å²) in [6.07, 6.45) is 3.30. The molecule has 5 aromatic carbocycles. The predicted octanol–water partition coefficient (Wildman–Crippen LogP) is 13.2. The highest BCUT2D eigenvalue weighted by atomic mass is 16.6. The van der Waals surface area contributed by atoms with Crippen LogP contribution in [0, 0.1) is 11.8 Å². The fourth-order valence-electron chi connectivity index (χ4n) is 10.5. The molecule has 0 aromatic heterocycles. The molecule has 2 amide bonds. The van der Waals surface area contributed by atoms with Crippen LogP contribution in [0.25, 0.3) is 0 Å². The third-order valence-corrected chi connectivity index (χ3v) is 14.4. The SMILES string of the molecule is CC(C)(C)OC(=O)N1CC(C(=O)CCN(Cc2ccccc2)Cc2ccccc2)CC1(C)C.CC(C)(C)OC(=O)N1CC(C(O)(CCc2ccccc2)CCN(Cc2ccccc2)Cc2ccccc2)CC1(C)C. The first kappa shape index (κ1) is 57.5. The quantitative estimate of drug-likeness (QED) is 0.0873. The molecule has 2 aliphatic heterocycles. The third kappa shape index (κ3) is 17.9. The molecule has 7 rings (SSSR count). The van der Waals surface area contributed by atoms with Gasteiger partial charge in [-0.1, -0.05) is 152 Å². The highest BCUT2D eigenvalue weighted by molar-refractivity contribution is 5.83. The Balaban J connectivity index is 0.000000247. The first-order valence-corrected chi connectivity index (χ1v) is 26.9. The van der Waals surface area contributed by atoms with Gasteiger partial charge >= 0.3 is 12.2 Å². The lowest BCUT2D eigenvalue weighted by Gasteiger charge is -2.36. The zero-order chi connectivity index (χ0) is 53.6. The number of nitrogens with zero attached hydrogens (tertiary/aromatic N) is 4. The van der Waals surface area contributed by atoms with E-state index in [1.807, 2.05) is 115 Å². The number of rotatable bonds is 19. The van der Waals surface area contributed by atoms with Gasteiger partial charge < -0.3 is 24.4 Å². The summed E-state index contributed by atoms with van der Waals surface area (Å²) in [5.74, 6) is 0.0205. The van der Waals surface area contributed by atoms with E-state index in [-0.39, 0.29) is 29.8 Å². The van der Waals surface area contributed by atoms with Crippen molar-refractivity contribution in [2.75, 3.05) is 26.2 Å². The van der Waals surface area contributed by atoms with Gasteiger partial charge in [-0.25, -0.2) is 9.59 Å². The molecular weight excluding hydrogens is 921 g/mol. The summed E-state index contributed by atoms with van der Waals surface area (Å²) in [4.78, 5) is 47.4. The maximum atomic E-state index is 13.2. The van der Waals surface area contributed by atoms with Gasteiger partial charge in [0.2, 0.25) is 0 Å². The Morgan fingerprint density at radius 3 is 1.26 bits per heavy atom. The number of aliphatic hydroxyl groups is 1. The summed E-state index contributed by atoms with van der Waals surface area (Å²) in [5.41, 5.74) is 3.36. The number of hydrogen-bond acceptors (Lipinski definition) is 8. The first-order valence-electron chi connectivity index (χ1n) is 26.9. The van der Waals surface area contributed by atoms with Crippen LogP contribution in [-0.4, -0.2) is 96.7 Å². The van der Waals surface area contributed by atoms with Gasteiger partial charge in [0.1, 0.15) is 17.0 Å². The molecule has 10 nitrogen and oxygen atoms in total. The lowest BCUT2D eigenvalue weighted by molar-refractivity contribution is -0.122. The number of ketones is 1. The summed E-state index contributed by atoms with van der Waals surface area (Å²) < 4.78 is 11.4. The van der Waals surface area contributed by atoms with Gasteiger partial charge in [-0.3, -0.25) is 14.6 Å². The van der Waals surface area contributed by atoms with Crippen LogP contribution in [0.3, 0.4) is 0 Å². The second kappa shape index (κ2) is 25.6. The minimum Gasteiger partial charge on any atom is -0.444 e. The Morgan fingerprint density at radius 2 is 0.865 bits per heavy atom. The molecule has 0 spiro atoms. The number of carbonyl (C=O) groups excluding carboxylic acids is 3. The molecule has 2 heterocycles. The van der Waals surface area contributed by atoms with Crippen molar-refractivity contribution in [3.8, 4) is 0 Å². The van der Waals surface area contributed by atoms with Crippen LogP contribution in [0.5, 0.6) is 0 Å². The molecule has 0 radical (unpaired) electrons. The van der Waals surface area contributed by atoms with Crippen molar-refractivity contribution in [2.45, 2.75) is 162 Å². The number of ether oxygens (including phenoxy) is 2. The molecule has 3 atom stereocenters. The van der Waals surface area contributed by atoms with Crippen LogP contribution in [0.2, 0.25) is 0 Å². The average molecular weight is 1010 g/mol. The van der Waals surface area contributed by atoms with E-state index < -0.39 is 27.9 Å². The summed E-state index contributed by atoms with van der Waals surface area (Å²) in [7, 11) is 0. The number of aryl methyl sites for hydroxylation is 1. The molecule has 3 unspecified atom stereocenters. The van der Waals surface area contributed by atoms with Gasteiger partial charge in [-0.2, -0.15) is 0 Å². The standard InChI is InChI=1S/C36H48N2O3.C28H38N2O3/c1-34(2,3)41-33(39)38-28-32(25-35(38,4)5)36(40,22-21-29-15-9-6-10-16-29)23-24-37(26-30-17-11-7-12-18-30)27-31-19-13-8-14-20-31;1-27(2,3)33-26(32)30-21-24(18-28(30,4)5)25(31)16-17-29(19-22-12-8-6-9-13-22)20-23-14-10-7-11-15-23/h6-20,32,40H,21-28H2,1-5H3;6-15,24H,16-21H2,1-5H3. The van der Waals surface area contributed by atoms with E-state index in [1.54, 1.807) is 4.90 Å². The van der Waals surface area contributed by atoms with Crippen molar-refractivity contribution in [2.24, 2.45) is 11.8 Å². The summed E-state index contributed by atoms with van der Waals surface area (Å²) in [5, 5.41) is 12.5. The normalized spacial score (nSPS) is 18.1. The Morgan fingerprint density at radius 1 is 0.514 bits per heavy atom. The fourth-order valence-corrected chi connectivity index (χ4v) is 10.5. The van der Waals surface area contributed by atoms with Crippen LogP contribution in [0.4, 0.5) is 9.59 Å². The molecule has 74 heavy (non-hydrogen) atoms. The second-order valence-corrected chi connectivity index (χ2v) is 24.0. The highest BCUT2D eigenvalue weighted by Crippen LogP contribution is 2.43. The van der Waals surface area contributed by atoms with Crippen LogP contribution >= 0.6 is 0 Å². The number of likely N-dealkylation sites (tertiary alicyclic amines) is 2. The van der Waals surface area contributed by atoms with Crippen molar-refractivity contribution >= 4 is 18.0 Å². The van der Waals surface area contributed by atoms with E-state index in [0.717, 1.165) is 45.6 Å². The Hall–Kier alpha value is -5.81. The Labute approximate surface area is 444 Å². The van der Waals surface area contributed by atoms with Crippen molar-refractivity contribution in [3.05, 3.63) is 179 Å². The van der Waals surface area contributed by atoms with Gasteiger partial charge in [-0.15, -0.1) is 0 Å². The summed E-state index contributed by atoms with van der Waals surface area (Å²) in [6.45, 7) is 25.1. The van der Waals surface area contributed by atoms with Gasteiger partial charge in [0.15, 0.2) is 0 Å². The maximum absolute atomic E-state index is 13.2. The number of hydrogen-bond donors (Lipinski definition) is 1. The molecule has 2 aliphatic rings. The molecule has 2 saturated heterocycles. The minimum atomic E-state index is -0.935. The zero-order valence-electron chi connectivity index (χ0n) is 46.3. The van der Waals surface area contributed by atoms with Crippen molar-refractivity contribution in [1.82, 2.24) is 19.6 Å². The molecular formula is C64H86N4O6. The van der Waals surface area contributed by atoms with Crippen molar-refractivity contribution < 1.29 is 29.0 Å². The van der Waals surface area contributed by atoms with Gasteiger partial charge in [-0.05, 0) is 129 Å². The predicted molar refractivity (Wildman–Crippen MR) is 298 cm³/mol. The zero-order valence-corrected chi connectivity index (χ0v) is 46.3. The highest BCUT2D eigenvalue weighted by Gasteiger charge is 2.50. The van der Waals surface area contributed by atoms with Crippen LogP contribution in [-0.2, 0) is 46.9 Å². The Bertz CT molecular complexity index is 2410. The molecule has 398 valence electrons.